The normalized spacial score (nSPS) is 17.4. The number of rotatable bonds is 7. The van der Waals surface area contributed by atoms with Crippen LogP contribution in [0.2, 0.25) is 0 Å². The fraction of sp³-hybridized carbons (Fsp3) is 0.588. The number of hydrogen-bond donors (Lipinski definition) is 2. The molecule has 0 saturated carbocycles. The second-order valence-corrected chi connectivity index (χ2v) is 7.00. The van der Waals surface area contributed by atoms with Crippen molar-refractivity contribution in [2.45, 2.75) is 59.0 Å². The molecule has 1 aliphatic rings. The molecular formula is C17H25N7O2. The summed E-state index contributed by atoms with van der Waals surface area (Å²) in [6.45, 7) is 8.33. The van der Waals surface area contributed by atoms with Gasteiger partial charge in [0.2, 0.25) is 0 Å². The number of aryl methyl sites for hydroxylation is 2. The van der Waals surface area contributed by atoms with Crippen LogP contribution in [0.4, 0.5) is 4.79 Å². The first kappa shape index (κ1) is 18.1. The smallest absolute Gasteiger partial charge is 0.324 e. The number of carbonyl (C=O) groups excluding carboxylic acids is 2. The van der Waals surface area contributed by atoms with Gasteiger partial charge >= 0.3 is 6.03 Å². The molecule has 1 atom stereocenters. The van der Waals surface area contributed by atoms with E-state index in [1.807, 2.05) is 33.9 Å². The number of H-pyrrole nitrogens is 1. The molecule has 3 heterocycles. The molecule has 0 radical (unpaired) electrons. The summed E-state index contributed by atoms with van der Waals surface area (Å²) >= 11 is 0. The third kappa shape index (κ3) is 3.61. The summed E-state index contributed by atoms with van der Waals surface area (Å²) in [6.07, 6.45) is 3.65. The second kappa shape index (κ2) is 7.27. The van der Waals surface area contributed by atoms with Gasteiger partial charge in [-0.25, -0.2) is 9.48 Å². The van der Waals surface area contributed by atoms with Crippen LogP contribution in [-0.2, 0) is 17.6 Å². The Morgan fingerprint density at radius 1 is 1.27 bits per heavy atom. The number of carbonyl (C=O) groups is 2. The van der Waals surface area contributed by atoms with E-state index in [2.05, 4.69) is 25.8 Å². The van der Waals surface area contributed by atoms with Gasteiger partial charge in [-0.15, -0.1) is 5.10 Å². The van der Waals surface area contributed by atoms with Crippen molar-refractivity contribution in [1.82, 2.24) is 35.4 Å². The molecule has 26 heavy (non-hydrogen) atoms. The van der Waals surface area contributed by atoms with Crippen molar-refractivity contribution in [2.24, 2.45) is 0 Å². The Balaban J connectivity index is 1.56. The molecule has 3 rings (SSSR count). The van der Waals surface area contributed by atoms with Gasteiger partial charge in [-0.2, -0.15) is 5.10 Å². The lowest BCUT2D eigenvalue weighted by molar-refractivity contribution is -0.127. The van der Waals surface area contributed by atoms with Crippen LogP contribution in [0.15, 0.2) is 6.20 Å². The predicted molar refractivity (Wildman–Crippen MR) is 94.5 cm³/mol. The zero-order chi connectivity index (χ0) is 18.8. The van der Waals surface area contributed by atoms with E-state index in [0.717, 1.165) is 23.4 Å². The molecule has 2 aromatic rings. The van der Waals surface area contributed by atoms with Crippen LogP contribution in [0.25, 0.3) is 0 Å². The van der Waals surface area contributed by atoms with Crippen LogP contribution in [0.5, 0.6) is 0 Å². The van der Waals surface area contributed by atoms with Crippen LogP contribution in [0.3, 0.4) is 0 Å². The third-order valence-corrected chi connectivity index (χ3v) is 4.70. The molecule has 1 saturated heterocycles. The van der Waals surface area contributed by atoms with E-state index in [9.17, 15) is 9.59 Å². The SMILES string of the molecule is Cc1n[nH]c(C)c1CCCN1C(=O)NC(Cc2cn(C(C)C)nn2)C1=O. The Morgan fingerprint density at radius 3 is 2.65 bits per heavy atom. The quantitative estimate of drug-likeness (QED) is 0.724. The number of aromatic nitrogens is 5. The number of aromatic amines is 1. The van der Waals surface area contributed by atoms with E-state index >= 15 is 0 Å². The molecule has 2 N–H and O–H groups in total. The molecule has 1 unspecified atom stereocenters. The second-order valence-electron chi connectivity index (χ2n) is 7.00. The van der Waals surface area contributed by atoms with E-state index in [-0.39, 0.29) is 18.0 Å². The summed E-state index contributed by atoms with van der Waals surface area (Å²) < 4.78 is 1.74. The van der Waals surface area contributed by atoms with E-state index in [1.54, 1.807) is 4.68 Å². The standard InChI is InChI=1S/C17H25N7O2/c1-10(2)24-9-13(21-22-24)8-15-16(25)23(17(26)18-15)7-5-6-14-11(3)19-20-12(14)4/h9-10,15H,5-8H2,1-4H3,(H,18,26)(H,19,20). The zero-order valence-electron chi connectivity index (χ0n) is 15.6. The highest BCUT2D eigenvalue weighted by Crippen LogP contribution is 2.15. The molecular weight excluding hydrogens is 334 g/mol. The highest BCUT2D eigenvalue weighted by atomic mass is 16.2. The molecule has 0 aromatic carbocycles. The summed E-state index contributed by atoms with van der Waals surface area (Å²) in [5.74, 6) is -0.199. The molecule has 9 nitrogen and oxygen atoms in total. The Morgan fingerprint density at radius 2 is 2.04 bits per heavy atom. The van der Waals surface area contributed by atoms with Gasteiger partial charge in [-0.05, 0) is 46.1 Å². The van der Waals surface area contributed by atoms with Gasteiger partial charge in [-0.3, -0.25) is 14.8 Å². The minimum absolute atomic E-state index is 0.199. The fourth-order valence-electron chi connectivity index (χ4n) is 3.15. The Kier molecular flexibility index (Phi) is 5.06. The minimum atomic E-state index is -0.572. The Labute approximate surface area is 152 Å². The van der Waals surface area contributed by atoms with Crippen LogP contribution < -0.4 is 5.32 Å². The van der Waals surface area contributed by atoms with Crippen molar-refractivity contribution in [1.29, 1.82) is 0 Å². The molecule has 140 valence electrons. The number of hydrogen-bond acceptors (Lipinski definition) is 5. The van der Waals surface area contributed by atoms with E-state index in [4.69, 9.17) is 0 Å². The largest absolute Gasteiger partial charge is 0.325 e. The summed E-state index contributed by atoms with van der Waals surface area (Å²) in [7, 11) is 0. The van der Waals surface area contributed by atoms with E-state index in [0.29, 0.717) is 25.1 Å². The number of nitrogens with zero attached hydrogens (tertiary/aromatic N) is 5. The average Bonchev–Trinajstić information content (AvgIpc) is 3.25. The van der Waals surface area contributed by atoms with Gasteiger partial charge < -0.3 is 5.32 Å². The topological polar surface area (TPSA) is 109 Å². The average molecular weight is 359 g/mol. The molecule has 9 heteroatoms. The van der Waals surface area contributed by atoms with Crippen molar-refractivity contribution in [2.75, 3.05) is 6.54 Å². The molecule has 3 amide bonds. The Hall–Kier alpha value is -2.71. The van der Waals surface area contributed by atoms with Crippen molar-refractivity contribution in [3.63, 3.8) is 0 Å². The lowest BCUT2D eigenvalue weighted by atomic mass is 10.1. The van der Waals surface area contributed by atoms with Crippen molar-refractivity contribution in [3.05, 3.63) is 28.8 Å². The first-order chi connectivity index (χ1) is 12.4. The summed E-state index contributed by atoms with van der Waals surface area (Å²) in [5, 5.41) is 18.0. The van der Waals surface area contributed by atoms with Gasteiger partial charge in [-0.1, -0.05) is 5.21 Å². The summed E-state index contributed by atoms with van der Waals surface area (Å²) in [5.41, 5.74) is 3.85. The molecule has 0 aliphatic carbocycles. The molecule has 1 fully saturated rings. The number of urea groups is 1. The maximum atomic E-state index is 12.6. The lowest BCUT2D eigenvalue weighted by Crippen LogP contribution is -2.33. The zero-order valence-corrected chi connectivity index (χ0v) is 15.6. The van der Waals surface area contributed by atoms with Crippen LogP contribution >= 0.6 is 0 Å². The van der Waals surface area contributed by atoms with Crippen molar-refractivity contribution >= 4 is 11.9 Å². The summed E-state index contributed by atoms with van der Waals surface area (Å²) in [6, 6.07) is -0.703. The number of imide groups is 1. The van der Waals surface area contributed by atoms with Gasteiger partial charge in [0.25, 0.3) is 5.91 Å². The van der Waals surface area contributed by atoms with Crippen molar-refractivity contribution in [3.8, 4) is 0 Å². The molecule has 2 aromatic heterocycles. The van der Waals surface area contributed by atoms with Gasteiger partial charge in [0.05, 0.1) is 11.4 Å². The third-order valence-electron chi connectivity index (χ3n) is 4.70. The van der Waals surface area contributed by atoms with Crippen molar-refractivity contribution < 1.29 is 9.59 Å². The fourth-order valence-corrected chi connectivity index (χ4v) is 3.15. The first-order valence-electron chi connectivity index (χ1n) is 8.89. The maximum absolute atomic E-state index is 12.6. The number of amides is 3. The maximum Gasteiger partial charge on any atom is 0.324 e. The highest BCUT2D eigenvalue weighted by molar-refractivity contribution is 6.04. The number of nitrogens with one attached hydrogen (secondary N) is 2. The highest BCUT2D eigenvalue weighted by Gasteiger charge is 2.38. The predicted octanol–water partition coefficient (Wildman–Crippen LogP) is 1.29. The molecule has 0 bridgehead atoms. The monoisotopic (exact) mass is 359 g/mol. The first-order valence-corrected chi connectivity index (χ1v) is 8.89. The molecule has 1 aliphatic heterocycles. The lowest BCUT2D eigenvalue weighted by Gasteiger charge is -2.12. The summed E-state index contributed by atoms with van der Waals surface area (Å²) in [4.78, 5) is 26.0. The van der Waals surface area contributed by atoms with E-state index < -0.39 is 6.04 Å². The van der Waals surface area contributed by atoms with Crippen LogP contribution in [-0.4, -0.2) is 54.6 Å². The van der Waals surface area contributed by atoms with Crippen LogP contribution in [0, 0.1) is 13.8 Å². The van der Waals surface area contributed by atoms with Crippen LogP contribution in [0.1, 0.15) is 49.0 Å². The van der Waals surface area contributed by atoms with Gasteiger partial charge in [0, 0.05) is 30.9 Å². The van der Waals surface area contributed by atoms with E-state index in [1.165, 1.54) is 4.90 Å². The molecule has 0 spiro atoms. The Bertz CT molecular complexity index is 788. The minimum Gasteiger partial charge on any atom is -0.325 e. The van der Waals surface area contributed by atoms with Gasteiger partial charge in [0.1, 0.15) is 6.04 Å². The van der Waals surface area contributed by atoms with Gasteiger partial charge in [0.15, 0.2) is 0 Å².